The number of hydrogen-bond donors (Lipinski definition) is 1. The molecule has 1 fully saturated rings. The number of likely N-dealkylation sites (tertiary alicyclic amines) is 1. The van der Waals surface area contributed by atoms with E-state index in [0.29, 0.717) is 11.7 Å². The Bertz CT molecular complexity index is 706. The minimum Gasteiger partial charge on any atom is -0.311 e. The zero-order chi connectivity index (χ0) is 15.7. The molecule has 0 spiro atoms. The zero-order valence-corrected chi connectivity index (χ0v) is 13.5. The second-order valence-electron chi connectivity index (χ2n) is 6.94. The van der Waals surface area contributed by atoms with Gasteiger partial charge in [0.2, 0.25) is 0 Å². The second kappa shape index (κ2) is 5.69. The Balaban J connectivity index is 1.79. The lowest BCUT2D eigenvalue weighted by Crippen LogP contribution is -2.24. The Morgan fingerprint density at radius 3 is 2.73 bits per heavy atom. The summed E-state index contributed by atoms with van der Waals surface area (Å²) in [5.74, 6) is 1.19. The van der Waals surface area contributed by atoms with Crippen molar-refractivity contribution >= 4 is 0 Å². The highest BCUT2D eigenvalue weighted by atomic mass is 16.1. The van der Waals surface area contributed by atoms with E-state index < -0.39 is 0 Å². The summed E-state index contributed by atoms with van der Waals surface area (Å²) in [5, 5.41) is 0. The summed E-state index contributed by atoms with van der Waals surface area (Å²) in [7, 11) is 0. The molecule has 2 aromatic rings. The molecule has 1 aromatic heterocycles. The third kappa shape index (κ3) is 3.12. The van der Waals surface area contributed by atoms with Gasteiger partial charge >= 0.3 is 0 Å². The van der Waals surface area contributed by atoms with Gasteiger partial charge in [0.15, 0.2) is 0 Å². The Morgan fingerprint density at radius 2 is 2.05 bits per heavy atom. The quantitative estimate of drug-likeness (QED) is 0.947. The molecule has 0 saturated carbocycles. The summed E-state index contributed by atoms with van der Waals surface area (Å²) < 4.78 is 0. The summed E-state index contributed by atoms with van der Waals surface area (Å²) in [5.41, 5.74) is 2.40. The maximum atomic E-state index is 11.6. The van der Waals surface area contributed by atoms with Gasteiger partial charge in [-0.05, 0) is 17.9 Å². The second-order valence-corrected chi connectivity index (χ2v) is 6.94. The van der Waals surface area contributed by atoms with Gasteiger partial charge in [-0.1, -0.05) is 44.2 Å². The van der Waals surface area contributed by atoms with Crippen molar-refractivity contribution in [1.82, 2.24) is 14.9 Å². The van der Waals surface area contributed by atoms with Crippen LogP contribution in [-0.2, 0) is 6.54 Å². The van der Waals surface area contributed by atoms with E-state index >= 15 is 0 Å². The molecule has 0 bridgehead atoms. The van der Waals surface area contributed by atoms with Crippen LogP contribution in [0, 0.1) is 12.3 Å². The van der Waals surface area contributed by atoms with Crippen LogP contribution in [0.2, 0.25) is 0 Å². The molecule has 116 valence electrons. The van der Waals surface area contributed by atoms with Gasteiger partial charge in [-0.15, -0.1) is 0 Å². The van der Waals surface area contributed by atoms with E-state index in [1.807, 2.05) is 6.92 Å². The number of aromatic nitrogens is 2. The smallest absolute Gasteiger partial charge is 0.251 e. The SMILES string of the molecule is Cc1nc(CN2C[C@H](c3ccccc3)C(C)(C)C2)cc(=O)[nH]1. The lowest BCUT2D eigenvalue weighted by Gasteiger charge is -2.26. The molecule has 1 N–H and O–H groups in total. The number of benzene rings is 1. The highest BCUT2D eigenvalue weighted by Gasteiger charge is 2.39. The summed E-state index contributed by atoms with van der Waals surface area (Å²) in [6, 6.07) is 12.3. The van der Waals surface area contributed by atoms with Crippen LogP contribution in [0.1, 0.15) is 36.8 Å². The third-order valence-corrected chi connectivity index (χ3v) is 4.52. The molecule has 0 amide bonds. The largest absolute Gasteiger partial charge is 0.311 e. The number of nitrogens with one attached hydrogen (secondary N) is 1. The predicted octanol–water partition coefficient (Wildman–Crippen LogP) is 2.70. The maximum absolute atomic E-state index is 11.6. The molecule has 1 aliphatic rings. The zero-order valence-electron chi connectivity index (χ0n) is 13.5. The van der Waals surface area contributed by atoms with Crippen LogP contribution in [0.3, 0.4) is 0 Å². The Labute approximate surface area is 131 Å². The maximum Gasteiger partial charge on any atom is 0.251 e. The molecule has 4 nitrogen and oxygen atoms in total. The first-order valence-corrected chi connectivity index (χ1v) is 7.78. The van der Waals surface area contributed by atoms with Gasteiger partial charge in [-0.2, -0.15) is 0 Å². The molecule has 4 heteroatoms. The third-order valence-electron chi connectivity index (χ3n) is 4.52. The Kier molecular flexibility index (Phi) is 3.87. The van der Waals surface area contributed by atoms with Crippen molar-refractivity contribution in [2.24, 2.45) is 5.41 Å². The Hall–Kier alpha value is -1.94. The van der Waals surface area contributed by atoms with Crippen molar-refractivity contribution in [2.45, 2.75) is 33.2 Å². The first kappa shape index (κ1) is 15.0. The van der Waals surface area contributed by atoms with E-state index in [1.54, 1.807) is 6.07 Å². The minimum atomic E-state index is -0.0689. The van der Waals surface area contributed by atoms with Crippen molar-refractivity contribution < 1.29 is 0 Å². The highest BCUT2D eigenvalue weighted by molar-refractivity contribution is 5.24. The fraction of sp³-hybridized carbons (Fsp3) is 0.444. The first-order chi connectivity index (χ1) is 10.4. The number of nitrogens with zero attached hydrogens (tertiary/aromatic N) is 2. The van der Waals surface area contributed by atoms with E-state index in [-0.39, 0.29) is 11.0 Å². The van der Waals surface area contributed by atoms with Crippen LogP contribution in [-0.4, -0.2) is 28.0 Å². The van der Waals surface area contributed by atoms with Crippen LogP contribution < -0.4 is 5.56 Å². The van der Waals surface area contributed by atoms with Crippen LogP contribution in [0.4, 0.5) is 0 Å². The number of hydrogen-bond acceptors (Lipinski definition) is 3. The van der Waals surface area contributed by atoms with Crippen LogP contribution in [0.5, 0.6) is 0 Å². The molecule has 0 unspecified atom stereocenters. The molecule has 2 heterocycles. The fourth-order valence-electron chi connectivity index (χ4n) is 3.57. The van der Waals surface area contributed by atoms with Gasteiger partial charge in [-0.3, -0.25) is 9.69 Å². The number of rotatable bonds is 3. The molecule has 1 atom stereocenters. The van der Waals surface area contributed by atoms with Gasteiger partial charge in [-0.25, -0.2) is 4.98 Å². The van der Waals surface area contributed by atoms with E-state index in [1.165, 1.54) is 5.56 Å². The minimum absolute atomic E-state index is 0.0689. The van der Waals surface area contributed by atoms with Crippen LogP contribution in [0.25, 0.3) is 0 Å². The Morgan fingerprint density at radius 1 is 1.32 bits per heavy atom. The summed E-state index contributed by atoms with van der Waals surface area (Å²) in [4.78, 5) is 21.1. The number of aromatic amines is 1. The van der Waals surface area contributed by atoms with E-state index in [0.717, 1.165) is 25.3 Å². The fourth-order valence-corrected chi connectivity index (χ4v) is 3.57. The van der Waals surface area contributed by atoms with Crippen molar-refractivity contribution in [3.8, 4) is 0 Å². The highest BCUT2D eigenvalue weighted by Crippen LogP contribution is 2.42. The standard InChI is InChI=1S/C18H23N3O/c1-13-19-15(9-17(22)20-13)10-21-11-16(18(2,3)12-21)14-7-5-4-6-8-14/h4-9,16H,10-12H2,1-3H3,(H,19,20,22)/t16-/m1/s1. The lowest BCUT2D eigenvalue weighted by atomic mass is 9.78. The molecular formula is C18H23N3O. The van der Waals surface area contributed by atoms with Gasteiger partial charge in [0.05, 0.1) is 5.69 Å². The van der Waals surface area contributed by atoms with E-state index in [2.05, 4.69) is 59.0 Å². The van der Waals surface area contributed by atoms with Crippen molar-refractivity contribution in [3.63, 3.8) is 0 Å². The van der Waals surface area contributed by atoms with Crippen molar-refractivity contribution in [2.75, 3.05) is 13.1 Å². The molecule has 1 aliphatic heterocycles. The molecule has 1 saturated heterocycles. The summed E-state index contributed by atoms with van der Waals surface area (Å²) in [6.07, 6.45) is 0. The molecular weight excluding hydrogens is 274 g/mol. The normalized spacial score (nSPS) is 21.1. The average Bonchev–Trinajstić information content (AvgIpc) is 2.73. The number of aryl methyl sites for hydroxylation is 1. The van der Waals surface area contributed by atoms with Gasteiger partial charge < -0.3 is 4.98 Å². The monoisotopic (exact) mass is 297 g/mol. The lowest BCUT2D eigenvalue weighted by molar-refractivity contribution is 0.279. The average molecular weight is 297 g/mol. The van der Waals surface area contributed by atoms with Gasteiger partial charge in [0.25, 0.3) is 5.56 Å². The first-order valence-electron chi connectivity index (χ1n) is 7.78. The molecule has 22 heavy (non-hydrogen) atoms. The molecule has 0 aliphatic carbocycles. The topological polar surface area (TPSA) is 49.0 Å². The number of H-pyrrole nitrogens is 1. The predicted molar refractivity (Wildman–Crippen MR) is 87.8 cm³/mol. The van der Waals surface area contributed by atoms with Gasteiger partial charge in [0, 0.05) is 31.6 Å². The molecule has 3 rings (SSSR count). The van der Waals surface area contributed by atoms with Gasteiger partial charge in [0.1, 0.15) is 5.82 Å². The van der Waals surface area contributed by atoms with E-state index in [9.17, 15) is 4.79 Å². The van der Waals surface area contributed by atoms with Crippen molar-refractivity contribution in [1.29, 1.82) is 0 Å². The summed E-state index contributed by atoms with van der Waals surface area (Å²) >= 11 is 0. The summed E-state index contributed by atoms with van der Waals surface area (Å²) in [6.45, 7) is 9.22. The van der Waals surface area contributed by atoms with E-state index in [4.69, 9.17) is 0 Å². The van der Waals surface area contributed by atoms with Crippen LogP contribution >= 0.6 is 0 Å². The van der Waals surface area contributed by atoms with Crippen molar-refractivity contribution in [3.05, 3.63) is 63.8 Å². The molecule has 0 radical (unpaired) electrons. The van der Waals surface area contributed by atoms with Crippen LogP contribution in [0.15, 0.2) is 41.2 Å². The molecule has 1 aromatic carbocycles.